The third-order valence-corrected chi connectivity index (χ3v) is 6.46. The van der Waals surface area contributed by atoms with E-state index in [9.17, 15) is 9.90 Å². The maximum absolute atomic E-state index is 12.0. The van der Waals surface area contributed by atoms with E-state index >= 15 is 0 Å². The van der Waals surface area contributed by atoms with Gasteiger partial charge < -0.3 is 15.1 Å². The van der Waals surface area contributed by atoms with E-state index in [1.165, 1.54) is 11.8 Å². The number of rotatable bonds is 7. The van der Waals surface area contributed by atoms with Crippen LogP contribution in [0.1, 0.15) is 69.2 Å². The van der Waals surface area contributed by atoms with Gasteiger partial charge in [-0.05, 0) is 77.5 Å². The van der Waals surface area contributed by atoms with Crippen LogP contribution in [0.4, 0.5) is 0 Å². The van der Waals surface area contributed by atoms with Gasteiger partial charge in [0.25, 0.3) is 0 Å². The highest BCUT2D eigenvalue weighted by Gasteiger charge is 2.40. The van der Waals surface area contributed by atoms with Crippen molar-refractivity contribution in [3.8, 4) is 5.75 Å². The first-order chi connectivity index (χ1) is 14.0. The molecule has 0 amide bonds. The second-order valence-electron chi connectivity index (χ2n) is 8.53. The van der Waals surface area contributed by atoms with Gasteiger partial charge in [-0.2, -0.15) is 0 Å². The summed E-state index contributed by atoms with van der Waals surface area (Å²) in [5.41, 5.74) is 4.26. The molecule has 0 aliphatic carbocycles. The van der Waals surface area contributed by atoms with Crippen molar-refractivity contribution in [1.82, 2.24) is 0 Å². The van der Waals surface area contributed by atoms with Crippen LogP contribution in [0.2, 0.25) is 5.02 Å². The van der Waals surface area contributed by atoms with Gasteiger partial charge >= 0.3 is 0 Å². The molecule has 1 fully saturated rings. The predicted octanol–water partition coefficient (Wildman–Crippen LogP) is 5.82. The van der Waals surface area contributed by atoms with Gasteiger partial charge in [0.1, 0.15) is 11.4 Å². The van der Waals surface area contributed by atoms with Gasteiger partial charge in [-0.1, -0.05) is 34.5 Å². The second-order valence-corrected chi connectivity index (χ2v) is 8.91. The van der Waals surface area contributed by atoms with Crippen molar-refractivity contribution in [3.05, 3.63) is 50.6 Å². The van der Waals surface area contributed by atoms with E-state index in [1.807, 2.05) is 27.7 Å². The molecule has 0 bridgehead atoms. The number of allylic oxidation sites excluding steroid dienone is 3. The van der Waals surface area contributed by atoms with E-state index in [0.717, 1.165) is 29.5 Å². The molecule has 1 unspecified atom stereocenters. The number of carbonyl (C=O) groups excluding carboxylic acids is 1. The third-order valence-electron chi connectivity index (χ3n) is 5.89. The third kappa shape index (κ3) is 5.32. The summed E-state index contributed by atoms with van der Waals surface area (Å²) in [4.78, 5) is 12.0. The van der Waals surface area contributed by atoms with Crippen LogP contribution in [0.3, 0.4) is 0 Å². The second kappa shape index (κ2) is 9.80. The lowest BCUT2D eigenvalue weighted by atomic mass is 9.95. The van der Waals surface area contributed by atoms with Crippen LogP contribution in [0.25, 0.3) is 0 Å². The van der Waals surface area contributed by atoms with Crippen LogP contribution in [0, 0.1) is 13.8 Å². The van der Waals surface area contributed by atoms with Crippen molar-refractivity contribution in [1.29, 1.82) is 0 Å². The lowest BCUT2D eigenvalue weighted by molar-refractivity contribution is -0.129. The molecule has 0 saturated carbocycles. The molecule has 1 aromatic carbocycles. The maximum atomic E-state index is 12.0. The Morgan fingerprint density at radius 3 is 2.50 bits per heavy atom. The van der Waals surface area contributed by atoms with Gasteiger partial charge in [-0.15, -0.1) is 0 Å². The zero-order chi connectivity index (χ0) is 22.6. The van der Waals surface area contributed by atoms with Gasteiger partial charge in [-0.3, -0.25) is 4.79 Å². The molecule has 6 heteroatoms. The smallest absolute Gasteiger partial charge is 0.167 e. The quantitative estimate of drug-likeness (QED) is 0.245. The fourth-order valence-electron chi connectivity index (χ4n) is 3.68. The fourth-order valence-corrected chi connectivity index (χ4v) is 3.90. The Hall–Kier alpha value is -2.11. The summed E-state index contributed by atoms with van der Waals surface area (Å²) in [7, 11) is 0. The molecular weight excluding hydrogens is 402 g/mol. The van der Waals surface area contributed by atoms with Gasteiger partial charge in [-0.25, -0.2) is 0 Å². The first-order valence-corrected chi connectivity index (χ1v) is 10.6. The number of aromatic hydroxyl groups is 1. The summed E-state index contributed by atoms with van der Waals surface area (Å²) >= 11 is 6.40. The Labute approximate surface area is 184 Å². The van der Waals surface area contributed by atoms with Crippen molar-refractivity contribution in [2.45, 2.75) is 78.9 Å². The van der Waals surface area contributed by atoms with Crippen molar-refractivity contribution in [2.75, 3.05) is 0 Å². The van der Waals surface area contributed by atoms with E-state index in [-0.39, 0.29) is 17.6 Å². The minimum Gasteiger partial charge on any atom is -0.507 e. The van der Waals surface area contributed by atoms with Gasteiger partial charge in [0.05, 0.1) is 12.3 Å². The molecule has 1 aliphatic rings. The number of Topliss-reactive ketones (excluding diaryl/α,β-unsaturated/α-hetero) is 1. The Morgan fingerprint density at radius 2 is 1.93 bits per heavy atom. The molecule has 1 atom stereocenters. The van der Waals surface area contributed by atoms with Crippen molar-refractivity contribution < 1.29 is 19.8 Å². The van der Waals surface area contributed by atoms with E-state index in [2.05, 4.69) is 24.2 Å². The monoisotopic (exact) mass is 433 g/mol. The average Bonchev–Trinajstić information content (AvgIpc) is 2.96. The largest absolute Gasteiger partial charge is 0.507 e. The number of ketones is 1. The SMILES string of the molecule is C/C(=C\Cc1c(C)c(Cl)c(C)c(/C=N/O)c1O)CC/C=C(\C)C1CC(=O)C(C)(C)O1. The highest BCUT2D eigenvalue weighted by Crippen LogP contribution is 2.35. The van der Waals surface area contributed by atoms with Gasteiger partial charge in [0.15, 0.2) is 5.78 Å². The molecular formula is C24H32ClNO4. The molecule has 2 N–H and O–H groups in total. The molecule has 1 heterocycles. The molecule has 0 radical (unpaired) electrons. The minimum absolute atomic E-state index is 0.0951. The number of nitrogens with zero attached hydrogens (tertiary/aromatic N) is 1. The number of halogens is 1. The molecule has 2 rings (SSSR count). The molecule has 30 heavy (non-hydrogen) atoms. The van der Waals surface area contributed by atoms with Crippen LogP contribution >= 0.6 is 11.6 Å². The Kier molecular flexibility index (Phi) is 7.89. The zero-order valence-electron chi connectivity index (χ0n) is 18.7. The normalized spacial score (nSPS) is 19.8. The van der Waals surface area contributed by atoms with E-state index in [4.69, 9.17) is 21.5 Å². The topological polar surface area (TPSA) is 79.1 Å². The predicted molar refractivity (Wildman–Crippen MR) is 121 cm³/mol. The van der Waals surface area contributed by atoms with Crippen molar-refractivity contribution in [2.24, 2.45) is 5.16 Å². The maximum Gasteiger partial charge on any atom is 0.167 e. The molecule has 1 aromatic rings. The molecule has 1 aliphatic heterocycles. The first-order valence-electron chi connectivity index (χ1n) is 10.2. The number of oxime groups is 1. The summed E-state index contributed by atoms with van der Waals surface area (Å²) in [5, 5.41) is 23.1. The number of hydrogen-bond donors (Lipinski definition) is 2. The van der Waals surface area contributed by atoms with Crippen LogP contribution < -0.4 is 0 Å². The Morgan fingerprint density at radius 1 is 1.27 bits per heavy atom. The number of phenols is 1. The lowest BCUT2D eigenvalue weighted by Crippen LogP contribution is -2.27. The average molecular weight is 434 g/mol. The molecule has 0 aromatic heterocycles. The van der Waals surface area contributed by atoms with Crippen LogP contribution in [0.5, 0.6) is 5.75 Å². The van der Waals surface area contributed by atoms with E-state index < -0.39 is 5.60 Å². The number of carbonyl (C=O) groups is 1. The van der Waals surface area contributed by atoms with Crippen LogP contribution in [0.15, 0.2) is 28.5 Å². The Bertz CT molecular complexity index is 913. The summed E-state index contributed by atoms with van der Waals surface area (Å²) in [6.45, 7) is 11.4. The lowest BCUT2D eigenvalue weighted by Gasteiger charge is -2.18. The minimum atomic E-state index is -0.690. The summed E-state index contributed by atoms with van der Waals surface area (Å²) in [6, 6.07) is 0. The molecule has 164 valence electrons. The first kappa shape index (κ1) is 24.2. The highest BCUT2D eigenvalue weighted by atomic mass is 35.5. The Balaban J connectivity index is 2.05. The van der Waals surface area contributed by atoms with Crippen molar-refractivity contribution in [3.63, 3.8) is 0 Å². The van der Waals surface area contributed by atoms with Crippen LogP contribution in [-0.4, -0.2) is 34.0 Å². The summed E-state index contributed by atoms with van der Waals surface area (Å²) in [5.74, 6) is 0.242. The van der Waals surface area contributed by atoms with Crippen LogP contribution in [-0.2, 0) is 16.0 Å². The highest BCUT2D eigenvalue weighted by molar-refractivity contribution is 6.32. The number of ether oxygens (including phenoxy) is 1. The zero-order valence-corrected chi connectivity index (χ0v) is 19.4. The van der Waals surface area contributed by atoms with E-state index in [0.29, 0.717) is 29.0 Å². The molecule has 1 saturated heterocycles. The van der Waals surface area contributed by atoms with Crippen molar-refractivity contribution >= 4 is 23.6 Å². The van der Waals surface area contributed by atoms with Gasteiger partial charge in [0.2, 0.25) is 0 Å². The number of benzene rings is 1. The molecule has 5 nitrogen and oxygen atoms in total. The summed E-state index contributed by atoms with van der Waals surface area (Å²) in [6.07, 6.45) is 7.99. The number of hydrogen-bond acceptors (Lipinski definition) is 5. The molecule has 0 spiro atoms. The number of phenolic OH excluding ortho intramolecular Hbond substituents is 1. The summed E-state index contributed by atoms with van der Waals surface area (Å²) < 4.78 is 5.86. The standard InChI is InChI=1S/C24H32ClNO4/c1-14(8-7-9-15(2)20-12-21(27)24(5,6)30-20)10-11-18-16(3)22(25)17(4)19(13-26-29)23(18)28/h9-10,13,20,28-29H,7-8,11-12H2,1-6H3/b14-10+,15-9+,26-13+. The van der Waals surface area contributed by atoms with Gasteiger partial charge in [0, 0.05) is 22.6 Å². The fraction of sp³-hybridized carbons (Fsp3) is 0.500. The van der Waals surface area contributed by atoms with E-state index in [1.54, 1.807) is 6.92 Å².